The van der Waals surface area contributed by atoms with Crippen LogP contribution in [0.25, 0.3) is 10.9 Å². The van der Waals surface area contributed by atoms with E-state index in [-0.39, 0.29) is 29.7 Å². The Bertz CT molecular complexity index is 807. The summed E-state index contributed by atoms with van der Waals surface area (Å²) in [6.07, 6.45) is -4.69. The van der Waals surface area contributed by atoms with Crippen LogP contribution in [0.15, 0.2) is 29.1 Å². The van der Waals surface area contributed by atoms with Crippen molar-refractivity contribution in [3.63, 3.8) is 0 Å². The highest BCUT2D eigenvalue weighted by molar-refractivity contribution is 7.78. The molecule has 0 atom stereocenters. The molecule has 0 radical (unpaired) electrons. The average Bonchev–Trinajstić information content (AvgIpc) is 2.51. The van der Waals surface area contributed by atoms with Gasteiger partial charge < -0.3 is 15.0 Å². The van der Waals surface area contributed by atoms with E-state index in [4.69, 9.17) is 4.74 Å². The van der Waals surface area contributed by atoms with Crippen LogP contribution in [0.1, 0.15) is 5.56 Å². The standard InChI is InChI=1S/C14H14F3N3O3S/c1-23-5-4-20(24)13(22)18-8-2-3-11-9(6-8)10(14(15,16)17)7-12(21)19-11/h2-3,6-7,24H,4-5H2,1H3,(H,18,22)(H,19,21). The molecular formula is C14H14F3N3O3S. The summed E-state index contributed by atoms with van der Waals surface area (Å²) in [6.45, 7) is 0.453. The zero-order valence-corrected chi connectivity index (χ0v) is 13.4. The Labute approximate surface area is 140 Å². The number of methoxy groups -OCH3 is 1. The molecule has 1 heterocycles. The lowest BCUT2D eigenvalue weighted by Gasteiger charge is -2.16. The molecule has 1 aromatic heterocycles. The van der Waals surface area contributed by atoms with Gasteiger partial charge in [-0.3, -0.25) is 9.10 Å². The summed E-state index contributed by atoms with van der Waals surface area (Å²) < 4.78 is 45.1. The lowest BCUT2D eigenvalue weighted by Crippen LogP contribution is -2.29. The van der Waals surface area contributed by atoms with Crippen molar-refractivity contribution in [2.75, 3.05) is 25.6 Å². The van der Waals surface area contributed by atoms with E-state index in [2.05, 4.69) is 23.1 Å². The number of nitrogens with zero attached hydrogens (tertiary/aromatic N) is 1. The number of carbonyl (C=O) groups excluding carboxylic acids is 1. The molecule has 0 aliphatic carbocycles. The third-order valence-corrected chi connectivity index (χ3v) is 3.52. The maximum absolute atomic E-state index is 13.1. The number of hydrogen-bond acceptors (Lipinski definition) is 4. The highest BCUT2D eigenvalue weighted by atomic mass is 32.1. The van der Waals surface area contributed by atoms with Crippen LogP contribution < -0.4 is 10.9 Å². The highest BCUT2D eigenvalue weighted by Crippen LogP contribution is 2.34. The Morgan fingerprint density at radius 1 is 1.38 bits per heavy atom. The number of benzene rings is 1. The number of ether oxygens (including phenoxy) is 1. The number of carbonyl (C=O) groups is 1. The summed E-state index contributed by atoms with van der Waals surface area (Å²) in [6, 6.07) is 3.68. The third-order valence-electron chi connectivity index (χ3n) is 3.14. The van der Waals surface area contributed by atoms with E-state index in [1.807, 2.05) is 0 Å². The number of halogens is 3. The van der Waals surface area contributed by atoms with Gasteiger partial charge in [-0.25, -0.2) is 4.79 Å². The van der Waals surface area contributed by atoms with Crippen LogP contribution in [0.4, 0.5) is 23.7 Å². The summed E-state index contributed by atoms with van der Waals surface area (Å²) in [4.78, 5) is 25.6. The molecular weight excluding hydrogens is 347 g/mol. The molecule has 2 aromatic rings. The molecule has 2 N–H and O–H groups in total. The summed E-state index contributed by atoms with van der Waals surface area (Å²) >= 11 is 3.96. The summed E-state index contributed by atoms with van der Waals surface area (Å²) in [5.41, 5.74) is -1.76. The van der Waals surface area contributed by atoms with Crippen molar-refractivity contribution in [3.05, 3.63) is 40.2 Å². The Hall–Kier alpha value is -2.20. The minimum Gasteiger partial charge on any atom is -0.383 e. The van der Waals surface area contributed by atoms with Crippen LogP contribution in [-0.4, -0.2) is 35.6 Å². The molecule has 0 fully saturated rings. The minimum absolute atomic E-state index is 0.0231. The fourth-order valence-corrected chi connectivity index (χ4v) is 2.16. The number of aromatic amines is 1. The summed E-state index contributed by atoms with van der Waals surface area (Å²) in [5.74, 6) is 0. The number of rotatable bonds is 4. The van der Waals surface area contributed by atoms with Gasteiger partial charge in [-0.05, 0) is 18.2 Å². The maximum atomic E-state index is 13.1. The van der Waals surface area contributed by atoms with Gasteiger partial charge in [0.2, 0.25) is 5.56 Å². The van der Waals surface area contributed by atoms with Crippen LogP contribution in [0.5, 0.6) is 0 Å². The number of alkyl halides is 3. The minimum atomic E-state index is -4.69. The molecule has 2 amide bonds. The van der Waals surface area contributed by atoms with Crippen LogP contribution in [-0.2, 0) is 10.9 Å². The van der Waals surface area contributed by atoms with Gasteiger partial charge in [0.15, 0.2) is 0 Å². The monoisotopic (exact) mass is 361 g/mol. The Balaban J connectivity index is 2.35. The molecule has 0 bridgehead atoms. The first-order valence-corrected chi connectivity index (χ1v) is 7.13. The second kappa shape index (κ2) is 7.14. The Morgan fingerprint density at radius 2 is 2.08 bits per heavy atom. The largest absolute Gasteiger partial charge is 0.417 e. The quantitative estimate of drug-likeness (QED) is 0.733. The summed E-state index contributed by atoms with van der Waals surface area (Å²) in [7, 11) is 1.46. The SMILES string of the molecule is COCCN(S)C(=O)Nc1ccc2[nH]c(=O)cc(C(F)(F)F)c2c1. The highest BCUT2D eigenvalue weighted by Gasteiger charge is 2.33. The van der Waals surface area contributed by atoms with Gasteiger partial charge in [0.25, 0.3) is 0 Å². The van der Waals surface area contributed by atoms with Gasteiger partial charge in [0.05, 0.1) is 18.7 Å². The molecule has 130 valence electrons. The van der Waals surface area contributed by atoms with Crippen molar-refractivity contribution >= 4 is 35.4 Å². The summed E-state index contributed by atoms with van der Waals surface area (Å²) in [5, 5.41) is 2.21. The van der Waals surface area contributed by atoms with Crippen molar-refractivity contribution in [2.45, 2.75) is 6.18 Å². The molecule has 0 aliphatic rings. The number of hydrogen-bond donors (Lipinski definition) is 3. The van der Waals surface area contributed by atoms with E-state index in [9.17, 15) is 22.8 Å². The third kappa shape index (κ3) is 4.20. The first kappa shape index (κ1) is 18.1. The Kier molecular flexibility index (Phi) is 5.40. The predicted octanol–water partition coefficient (Wildman–Crippen LogP) is 2.87. The first-order chi connectivity index (χ1) is 11.2. The fraction of sp³-hybridized carbons (Fsp3) is 0.286. The number of aromatic nitrogens is 1. The van der Waals surface area contributed by atoms with Crippen LogP contribution in [0.2, 0.25) is 0 Å². The van der Waals surface area contributed by atoms with Gasteiger partial charge in [0, 0.05) is 29.8 Å². The number of urea groups is 1. The van der Waals surface area contributed by atoms with Gasteiger partial charge in [0.1, 0.15) is 0 Å². The smallest absolute Gasteiger partial charge is 0.383 e. The molecule has 0 spiro atoms. The lowest BCUT2D eigenvalue weighted by molar-refractivity contribution is -0.136. The van der Waals surface area contributed by atoms with Crippen molar-refractivity contribution < 1.29 is 22.7 Å². The Morgan fingerprint density at radius 3 is 2.71 bits per heavy atom. The van der Waals surface area contributed by atoms with Gasteiger partial charge >= 0.3 is 12.2 Å². The molecule has 24 heavy (non-hydrogen) atoms. The topological polar surface area (TPSA) is 74.4 Å². The number of amides is 2. The molecule has 1 aromatic carbocycles. The van der Waals surface area contributed by atoms with Crippen molar-refractivity contribution in [1.82, 2.24) is 9.29 Å². The molecule has 6 nitrogen and oxygen atoms in total. The van der Waals surface area contributed by atoms with Crippen molar-refractivity contribution in [3.8, 4) is 0 Å². The van der Waals surface area contributed by atoms with E-state index >= 15 is 0 Å². The van der Waals surface area contributed by atoms with E-state index in [0.29, 0.717) is 6.07 Å². The molecule has 0 saturated carbocycles. The average molecular weight is 361 g/mol. The van der Waals surface area contributed by atoms with Crippen LogP contribution in [0.3, 0.4) is 0 Å². The number of thiol groups is 1. The van der Waals surface area contributed by atoms with Gasteiger partial charge in [-0.2, -0.15) is 13.2 Å². The zero-order valence-electron chi connectivity index (χ0n) is 12.5. The number of pyridine rings is 1. The first-order valence-electron chi connectivity index (χ1n) is 6.73. The van der Waals surface area contributed by atoms with Crippen molar-refractivity contribution in [1.29, 1.82) is 0 Å². The molecule has 0 unspecified atom stereocenters. The molecule has 0 aliphatic heterocycles. The maximum Gasteiger partial charge on any atom is 0.417 e. The zero-order chi connectivity index (χ0) is 17.9. The lowest BCUT2D eigenvalue weighted by atomic mass is 10.1. The van der Waals surface area contributed by atoms with E-state index in [0.717, 1.165) is 10.4 Å². The number of nitrogens with one attached hydrogen (secondary N) is 2. The van der Waals surface area contributed by atoms with Crippen molar-refractivity contribution in [2.24, 2.45) is 0 Å². The van der Waals surface area contributed by atoms with Crippen LogP contribution in [0, 0.1) is 0 Å². The number of anilines is 1. The second-order valence-electron chi connectivity index (χ2n) is 4.85. The van der Waals surface area contributed by atoms with E-state index in [1.54, 1.807) is 0 Å². The van der Waals surface area contributed by atoms with E-state index < -0.39 is 23.3 Å². The number of fused-ring (bicyclic) bond motifs is 1. The molecule has 2 rings (SSSR count). The molecule has 0 saturated heterocycles. The molecule has 10 heteroatoms. The van der Waals surface area contributed by atoms with Gasteiger partial charge in [-0.15, -0.1) is 0 Å². The van der Waals surface area contributed by atoms with E-state index in [1.165, 1.54) is 19.2 Å². The fourth-order valence-electron chi connectivity index (χ4n) is 2.03. The normalized spacial score (nSPS) is 11.5. The predicted molar refractivity (Wildman–Crippen MR) is 86.2 cm³/mol. The van der Waals surface area contributed by atoms with Gasteiger partial charge in [-0.1, -0.05) is 12.8 Å². The second-order valence-corrected chi connectivity index (χ2v) is 5.33. The number of H-pyrrole nitrogens is 1. The van der Waals surface area contributed by atoms with Crippen LogP contribution >= 0.6 is 12.8 Å².